The van der Waals surface area contributed by atoms with E-state index in [-0.39, 0.29) is 11.8 Å². The Morgan fingerprint density at radius 1 is 1.14 bits per heavy atom. The molecule has 28 heavy (non-hydrogen) atoms. The number of amides is 1. The second-order valence-corrected chi connectivity index (χ2v) is 7.72. The Balaban J connectivity index is 1.85. The van der Waals surface area contributed by atoms with Gasteiger partial charge in [0.1, 0.15) is 11.6 Å². The number of nitrogens with zero attached hydrogens (tertiary/aromatic N) is 5. The van der Waals surface area contributed by atoms with Crippen molar-refractivity contribution in [1.29, 1.82) is 0 Å². The smallest absolute Gasteiger partial charge is 0.271 e. The van der Waals surface area contributed by atoms with Crippen molar-refractivity contribution in [3.8, 4) is 0 Å². The maximum absolute atomic E-state index is 12.0. The van der Waals surface area contributed by atoms with Crippen LogP contribution in [0.25, 0.3) is 0 Å². The fourth-order valence-electron chi connectivity index (χ4n) is 3.44. The Kier molecular flexibility index (Phi) is 6.18. The molecule has 8 nitrogen and oxygen atoms in total. The molecule has 0 aromatic carbocycles. The van der Waals surface area contributed by atoms with Gasteiger partial charge in [0.2, 0.25) is 0 Å². The average molecular weight is 384 g/mol. The third kappa shape index (κ3) is 4.62. The van der Waals surface area contributed by atoms with Gasteiger partial charge in [-0.05, 0) is 57.5 Å². The van der Waals surface area contributed by atoms with Crippen molar-refractivity contribution in [2.24, 2.45) is 0 Å². The zero-order valence-corrected chi connectivity index (χ0v) is 17.3. The van der Waals surface area contributed by atoms with E-state index in [1.165, 1.54) is 0 Å². The van der Waals surface area contributed by atoms with Crippen LogP contribution in [0, 0.1) is 6.92 Å². The zero-order valence-electron chi connectivity index (χ0n) is 17.3. The fraction of sp³-hybridized carbons (Fsp3) is 0.550. The molecule has 2 aromatic rings. The van der Waals surface area contributed by atoms with Crippen molar-refractivity contribution < 1.29 is 4.79 Å². The summed E-state index contributed by atoms with van der Waals surface area (Å²) >= 11 is 0. The van der Waals surface area contributed by atoms with Crippen LogP contribution in [0.15, 0.2) is 12.1 Å². The summed E-state index contributed by atoms with van der Waals surface area (Å²) in [6, 6.07) is 3.77. The molecule has 0 bridgehead atoms. The summed E-state index contributed by atoms with van der Waals surface area (Å²) in [5.41, 5.74) is 2.12. The highest BCUT2D eigenvalue weighted by Crippen LogP contribution is 2.27. The fourth-order valence-corrected chi connectivity index (χ4v) is 3.44. The number of aryl methyl sites for hydroxylation is 1. The first-order valence-electron chi connectivity index (χ1n) is 9.78. The maximum Gasteiger partial charge on any atom is 0.271 e. The lowest BCUT2D eigenvalue weighted by atomic mass is 9.96. The molecule has 3 rings (SSSR count). The summed E-state index contributed by atoms with van der Waals surface area (Å²) in [6.07, 6.45) is 2.13. The summed E-state index contributed by atoms with van der Waals surface area (Å²) in [5, 5.41) is 14.2. The van der Waals surface area contributed by atoms with E-state index in [0.717, 1.165) is 43.0 Å². The third-order valence-electron chi connectivity index (χ3n) is 5.10. The van der Waals surface area contributed by atoms with Gasteiger partial charge in [0, 0.05) is 24.7 Å². The number of hydrogen-bond donors (Lipinski definition) is 2. The van der Waals surface area contributed by atoms with Crippen LogP contribution < -0.4 is 10.6 Å². The zero-order chi connectivity index (χ0) is 20.3. The molecule has 0 unspecified atom stereocenters. The van der Waals surface area contributed by atoms with Gasteiger partial charge in [0.05, 0.1) is 0 Å². The second kappa shape index (κ2) is 8.60. The van der Waals surface area contributed by atoms with Crippen molar-refractivity contribution >= 4 is 17.5 Å². The van der Waals surface area contributed by atoms with Gasteiger partial charge >= 0.3 is 0 Å². The largest absolute Gasteiger partial charge is 0.354 e. The number of piperidine rings is 1. The van der Waals surface area contributed by atoms with Crippen LogP contribution in [0.1, 0.15) is 66.1 Å². The predicted octanol–water partition coefficient (Wildman–Crippen LogP) is 2.61. The molecular formula is C20H29N7O. The molecule has 0 saturated carbocycles. The quantitative estimate of drug-likeness (QED) is 0.819. The Morgan fingerprint density at radius 3 is 2.50 bits per heavy atom. The van der Waals surface area contributed by atoms with Gasteiger partial charge in [-0.15, -0.1) is 10.2 Å². The SMILES string of the molecule is CNC(=O)c1nnc(Nc2cc(C)nc(C3CCN(C)CC3)n2)cc1C(C)C. The summed E-state index contributed by atoms with van der Waals surface area (Å²) < 4.78 is 0. The Labute approximate surface area is 166 Å². The van der Waals surface area contributed by atoms with E-state index in [0.29, 0.717) is 23.2 Å². The van der Waals surface area contributed by atoms with Gasteiger partial charge in [0.25, 0.3) is 5.91 Å². The van der Waals surface area contributed by atoms with Crippen molar-refractivity contribution in [1.82, 2.24) is 30.4 Å². The molecule has 3 heterocycles. The number of nitrogens with one attached hydrogen (secondary N) is 2. The van der Waals surface area contributed by atoms with Crippen molar-refractivity contribution in [3.05, 3.63) is 34.9 Å². The van der Waals surface area contributed by atoms with E-state index in [1.807, 2.05) is 32.9 Å². The lowest BCUT2D eigenvalue weighted by molar-refractivity contribution is 0.0955. The highest BCUT2D eigenvalue weighted by Gasteiger charge is 2.22. The van der Waals surface area contributed by atoms with Crippen molar-refractivity contribution in [2.75, 3.05) is 32.5 Å². The Hall–Kier alpha value is -2.61. The number of hydrogen-bond acceptors (Lipinski definition) is 7. The van der Waals surface area contributed by atoms with E-state index in [9.17, 15) is 4.79 Å². The van der Waals surface area contributed by atoms with Crippen LogP contribution in [-0.4, -0.2) is 58.2 Å². The number of rotatable bonds is 5. The molecule has 0 aliphatic carbocycles. The van der Waals surface area contributed by atoms with Crippen LogP contribution in [0.4, 0.5) is 11.6 Å². The Morgan fingerprint density at radius 2 is 1.86 bits per heavy atom. The number of anilines is 2. The van der Waals surface area contributed by atoms with Gasteiger partial charge < -0.3 is 15.5 Å². The first-order chi connectivity index (χ1) is 13.4. The van der Waals surface area contributed by atoms with Gasteiger partial charge in [-0.25, -0.2) is 9.97 Å². The molecule has 0 atom stereocenters. The molecule has 1 aliphatic heterocycles. The van der Waals surface area contributed by atoms with Crippen LogP contribution >= 0.6 is 0 Å². The molecule has 2 N–H and O–H groups in total. The van der Waals surface area contributed by atoms with Gasteiger partial charge in [-0.3, -0.25) is 4.79 Å². The molecule has 0 spiro atoms. The van der Waals surface area contributed by atoms with E-state index < -0.39 is 0 Å². The molecule has 2 aromatic heterocycles. The molecule has 150 valence electrons. The average Bonchev–Trinajstić information content (AvgIpc) is 2.67. The predicted molar refractivity (Wildman–Crippen MR) is 109 cm³/mol. The van der Waals surface area contributed by atoms with Gasteiger partial charge in [-0.1, -0.05) is 13.8 Å². The molecule has 0 radical (unpaired) electrons. The second-order valence-electron chi connectivity index (χ2n) is 7.72. The lowest BCUT2D eigenvalue weighted by Crippen LogP contribution is -2.30. The summed E-state index contributed by atoms with van der Waals surface area (Å²) in [4.78, 5) is 23.8. The maximum atomic E-state index is 12.0. The Bertz CT molecular complexity index is 844. The first kappa shape index (κ1) is 20.1. The highest BCUT2D eigenvalue weighted by molar-refractivity contribution is 5.93. The summed E-state index contributed by atoms with van der Waals surface area (Å²) in [5.74, 6) is 2.46. The number of carbonyl (C=O) groups is 1. The third-order valence-corrected chi connectivity index (χ3v) is 5.10. The van der Waals surface area contributed by atoms with Crippen LogP contribution in [-0.2, 0) is 0 Å². The minimum atomic E-state index is -0.231. The van der Waals surface area contributed by atoms with Crippen LogP contribution in [0.3, 0.4) is 0 Å². The molecule has 1 fully saturated rings. The van der Waals surface area contributed by atoms with E-state index in [4.69, 9.17) is 4.98 Å². The van der Waals surface area contributed by atoms with E-state index >= 15 is 0 Å². The molecule has 1 aliphatic rings. The van der Waals surface area contributed by atoms with Crippen LogP contribution in [0.2, 0.25) is 0 Å². The first-order valence-corrected chi connectivity index (χ1v) is 9.78. The summed E-state index contributed by atoms with van der Waals surface area (Å²) in [6.45, 7) is 8.16. The molecule has 1 saturated heterocycles. The van der Waals surface area contributed by atoms with Crippen LogP contribution in [0.5, 0.6) is 0 Å². The minimum absolute atomic E-state index is 0.144. The molecule has 1 amide bonds. The van der Waals surface area contributed by atoms with Crippen molar-refractivity contribution in [3.63, 3.8) is 0 Å². The minimum Gasteiger partial charge on any atom is -0.354 e. The summed E-state index contributed by atoms with van der Waals surface area (Å²) in [7, 11) is 3.74. The van der Waals surface area contributed by atoms with Gasteiger partial charge in [0.15, 0.2) is 11.5 Å². The monoisotopic (exact) mass is 383 g/mol. The normalized spacial score (nSPS) is 15.6. The molecular weight excluding hydrogens is 354 g/mol. The molecule has 8 heteroatoms. The number of aromatic nitrogens is 4. The standard InChI is InChI=1S/C20H29N7O/c1-12(2)15-11-17(25-26-18(15)20(28)21-4)23-16-10-13(3)22-19(24-16)14-6-8-27(5)9-7-14/h10-12,14H,6-9H2,1-5H3,(H,21,28)(H,22,23,24,25). The number of likely N-dealkylation sites (tertiary alicyclic amines) is 1. The highest BCUT2D eigenvalue weighted by atomic mass is 16.1. The topological polar surface area (TPSA) is 95.9 Å². The van der Waals surface area contributed by atoms with Gasteiger partial charge in [-0.2, -0.15) is 0 Å². The van der Waals surface area contributed by atoms with E-state index in [2.05, 4.69) is 37.8 Å². The number of carbonyl (C=O) groups excluding carboxylic acids is 1. The lowest BCUT2D eigenvalue weighted by Gasteiger charge is -2.28. The van der Waals surface area contributed by atoms with Crippen molar-refractivity contribution in [2.45, 2.75) is 45.4 Å². The van der Waals surface area contributed by atoms with E-state index in [1.54, 1.807) is 7.05 Å².